The predicted octanol–water partition coefficient (Wildman–Crippen LogP) is 2.85. The average Bonchev–Trinajstić information content (AvgIpc) is 2.31. The van der Waals surface area contributed by atoms with Crippen LogP contribution in [-0.2, 0) is 0 Å². The van der Waals surface area contributed by atoms with Gasteiger partial charge < -0.3 is 0 Å². The monoisotopic (exact) mass is 160 g/mol. The molecule has 0 radical (unpaired) electrons. The second-order valence-corrected chi connectivity index (χ2v) is 2.27. The fourth-order valence-electron chi connectivity index (χ4n) is 0.983. The summed E-state index contributed by atoms with van der Waals surface area (Å²) in [5.74, 6) is -0.657. The standard InChI is InChI=1S/C8H7F3/c1-2-6-4-3-5-7(6)8(9,10)11/h2-6H,1H2. The van der Waals surface area contributed by atoms with Gasteiger partial charge in [0.2, 0.25) is 0 Å². The minimum absolute atomic E-state index is 0.535. The number of rotatable bonds is 1. The molecule has 0 aliphatic heterocycles. The van der Waals surface area contributed by atoms with Crippen molar-refractivity contribution in [2.75, 3.05) is 0 Å². The summed E-state index contributed by atoms with van der Waals surface area (Å²) >= 11 is 0. The highest BCUT2D eigenvalue weighted by atomic mass is 19.4. The molecule has 60 valence electrons. The molecule has 0 saturated carbocycles. The highest BCUT2D eigenvalue weighted by Crippen LogP contribution is 2.35. The highest BCUT2D eigenvalue weighted by Gasteiger charge is 2.37. The van der Waals surface area contributed by atoms with Gasteiger partial charge in [-0.1, -0.05) is 24.3 Å². The van der Waals surface area contributed by atoms with Gasteiger partial charge in [-0.2, -0.15) is 13.2 Å². The second-order valence-electron chi connectivity index (χ2n) is 2.27. The van der Waals surface area contributed by atoms with Crippen molar-refractivity contribution >= 4 is 0 Å². The molecule has 0 spiro atoms. The zero-order valence-corrected chi connectivity index (χ0v) is 5.73. The molecule has 0 saturated heterocycles. The van der Waals surface area contributed by atoms with E-state index in [0.29, 0.717) is 0 Å². The smallest absolute Gasteiger partial charge is 0.166 e. The molecule has 0 fully saturated rings. The molecule has 0 amide bonds. The lowest BCUT2D eigenvalue weighted by Crippen LogP contribution is -2.15. The van der Waals surface area contributed by atoms with E-state index >= 15 is 0 Å². The Hall–Kier alpha value is -0.990. The lowest BCUT2D eigenvalue weighted by molar-refractivity contribution is -0.0951. The van der Waals surface area contributed by atoms with Crippen molar-refractivity contribution in [3.8, 4) is 0 Å². The Labute approximate surface area is 62.7 Å². The van der Waals surface area contributed by atoms with E-state index in [4.69, 9.17) is 0 Å². The number of allylic oxidation sites excluding steroid dienone is 5. The maximum atomic E-state index is 12.0. The number of halogens is 3. The summed E-state index contributed by atoms with van der Waals surface area (Å²) in [6, 6.07) is 0. The summed E-state index contributed by atoms with van der Waals surface area (Å²) in [5.41, 5.74) is -0.535. The summed E-state index contributed by atoms with van der Waals surface area (Å²) in [6.45, 7) is 3.31. The third-order valence-corrected chi connectivity index (χ3v) is 1.53. The Bertz CT molecular complexity index is 220. The van der Waals surface area contributed by atoms with Crippen LogP contribution < -0.4 is 0 Å². The van der Waals surface area contributed by atoms with E-state index in [1.165, 1.54) is 18.2 Å². The quantitative estimate of drug-likeness (QED) is 0.517. The molecule has 0 N–H and O–H groups in total. The number of hydrogen-bond acceptors (Lipinski definition) is 0. The van der Waals surface area contributed by atoms with Crippen LogP contribution in [0.3, 0.4) is 0 Å². The van der Waals surface area contributed by atoms with Crippen LogP contribution >= 0.6 is 0 Å². The average molecular weight is 160 g/mol. The topological polar surface area (TPSA) is 0 Å². The van der Waals surface area contributed by atoms with Gasteiger partial charge in [-0.15, -0.1) is 6.58 Å². The molecule has 11 heavy (non-hydrogen) atoms. The Morgan fingerprint density at radius 3 is 2.45 bits per heavy atom. The van der Waals surface area contributed by atoms with E-state index in [-0.39, 0.29) is 0 Å². The van der Waals surface area contributed by atoms with Crippen molar-refractivity contribution in [3.05, 3.63) is 36.5 Å². The maximum Gasteiger partial charge on any atom is 0.413 e. The van der Waals surface area contributed by atoms with Gasteiger partial charge >= 0.3 is 6.18 Å². The summed E-state index contributed by atoms with van der Waals surface area (Å²) < 4.78 is 36.1. The van der Waals surface area contributed by atoms with Crippen molar-refractivity contribution < 1.29 is 13.2 Å². The molecule has 1 aliphatic carbocycles. The fourth-order valence-corrected chi connectivity index (χ4v) is 0.983. The molecule has 1 rings (SSSR count). The molecule has 0 aromatic carbocycles. The third kappa shape index (κ3) is 1.53. The largest absolute Gasteiger partial charge is 0.413 e. The first-order chi connectivity index (χ1) is 5.05. The molecular formula is C8H7F3. The van der Waals surface area contributed by atoms with E-state index in [0.717, 1.165) is 6.08 Å². The van der Waals surface area contributed by atoms with Gasteiger partial charge in [0.1, 0.15) is 0 Å². The zero-order valence-electron chi connectivity index (χ0n) is 5.73. The number of alkyl halides is 3. The van der Waals surface area contributed by atoms with E-state index in [2.05, 4.69) is 6.58 Å². The SMILES string of the molecule is C=CC1C=CC=C1C(F)(F)F. The lowest BCUT2D eigenvalue weighted by Gasteiger charge is -2.12. The summed E-state index contributed by atoms with van der Waals surface area (Å²) in [7, 11) is 0. The van der Waals surface area contributed by atoms with Crippen molar-refractivity contribution in [1.82, 2.24) is 0 Å². The third-order valence-electron chi connectivity index (χ3n) is 1.53. The van der Waals surface area contributed by atoms with Crippen LogP contribution in [0.4, 0.5) is 13.2 Å². The Morgan fingerprint density at radius 2 is 2.09 bits per heavy atom. The molecule has 1 aliphatic rings. The van der Waals surface area contributed by atoms with Crippen LogP contribution in [0.5, 0.6) is 0 Å². The van der Waals surface area contributed by atoms with Gasteiger partial charge in [-0.25, -0.2) is 0 Å². The van der Waals surface area contributed by atoms with Gasteiger partial charge in [0.25, 0.3) is 0 Å². The van der Waals surface area contributed by atoms with Crippen LogP contribution in [0, 0.1) is 5.92 Å². The van der Waals surface area contributed by atoms with Crippen LogP contribution in [0.25, 0.3) is 0 Å². The maximum absolute atomic E-state index is 12.0. The van der Waals surface area contributed by atoms with E-state index in [1.54, 1.807) is 0 Å². The van der Waals surface area contributed by atoms with E-state index in [1.807, 2.05) is 0 Å². The van der Waals surface area contributed by atoms with Gasteiger partial charge in [0.15, 0.2) is 0 Å². The van der Waals surface area contributed by atoms with Crippen molar-refractivity contribution in [2.24, 2.45) is 5.92 Å². The van der Waals surface area contributed by atoms with Crippen molar-refractivity contribution in [3.63, 3.8) is 0 Å². The Balaban J connectivity index is 2.84. The van der Waals surface area contributed by atoms with Gasteiger partial charge in [0.05, 0.1) is 0 Å². The van der Waals surface area contributed by atoms with Crippen LogP contribution in [-0.4, -0.2) is 6.18 Å². The van der Waals surface area contributed by atoms with Gasteiger partial charge in [0, 0.05) is 11.5 Å². The molecule has 0 heterocycles. The Kier molecular flexibility index (Phi) is 1.89. The molecule has 0 aromatic heterocycles. The molecule has 0 aromatic rings. The predicted molar refractivity (Wildman–Crippen MR) is 37.0 cm³/mol. The first-order valence-electron chi connectivity index (χ1n) is 3.14. The molecule has 1 atom stereocenters. The van der Waals surface area contributed by atoms with Crippen molar-refractivity contribution in [2.45, 2.75) is 6.18 Å². The lowest BCUT2D eigenvalue weighted by atomic mass is 10.0. The first kappa shape index (κ1) is 8.11. The van der Waals surface area contributed by atoms with Crippen LogP contribution in [0.1, 0.15) is 0 Å². The second kappa shape index (κ2) is 2.57. The summed E-state index contributed by atoms with van der Waals surface area (Å²) in [4.78, 5) is 0. The first-order valence-corrected chi connectivity index (χ1v) is 3.14. The number of hydrogen-bond donors (Lipinski definition) is 0. The highest BCUT2D eigenvalue weighted by molar-refractivity contribution is 5.33. The van der Waals surface area contributed by atoms with Gasteiger partial charge in [-0.3, -0.25) is 0 Å². The minimum atomic E-state index is -4.22. The molecule has 1 unspecified atom stereocenters. The Morgan fingerprint density at radius 1 is 1.45 bits per heavy atom. The van der Waals surface area contributed by atoms with Crippen LogP contribution in [0.2, 0.25) is 0 Å². The molecule has 3 heteroatoms. The molecular weight excluding hydrogens is 153 g/mol. The van der Waals surface area contributed by atoms with E-state index < -0.39 is 17.7 Å². The van der Waals surface area contributed by atoms with Crippen molar-refractivity contribution in [1.29, 1.82) is 0 Å². The van der Waals surface area contributed by atoms with E-state index in [9.17, 15) is 13.2 Å². The summed E-state index contributed by atoms with van der Waals surface area (Å²) in [6.07, 6.45) is 1.00. The normalized spacial score (nSPS) is 23.5. The van der Waals surface area contributed by atoms with Gasteiger partial charge in [-0.05, 0) is 0 Å². The fraction of sp³-hybridized carbons (Fsp3) is 0.250. The molecule has 0 nitrogen and oxygen atoms in total. The molecule has 0 bridgehead atoms. The summed E-state index contributed by atoms with van der Waals surface area (Å²) in [5, 5.41) is 0. The zero-order chi connectivity index (χ0) is 8.48. The minimum Gasteiger partial charge on any atom is -0.166 e. The van der Waals surface area contributed by atoms with Crippen LogP contribution in [0.15, 0.2) is 36.5 Å².